The Morgan fingerprint density at radius 1 is 1.04 bits per heavy atom. The molecule has 5 amide bonds. The van der Waals surface area contributed by atoms with Gasteiger partial charge in [-0.05, 0) is 67.6 Å². The maximum absolute atomic E-state index is 13.7. The number of carbonyl (C=O) groups is 3. The molecule has 1 aliphatic rings. The molecule has 1 aliphatic heterocycles. The number of amides is 5. The van der Waals surface area contributed by atoms with Crippen molar-refractivity contribution >= 4 is 35.0 Å². The van der Waals surface area contributed by atoms with E-state index in [1.165, 1.54) is 24.0 Å². The Morgan fingerprint density at radius 2 is 1.67 bits per heavy atom. The quantitative estimate of drug-likeness (QED) is 0.248. The van der Waals surface area contributed by atoms with E-state index in [1.54, 1.807) is 49.4 Å². The zero-order valence-electron chi connectivity index (χ0n) is 25.7. The molecular weight excluding hydrogens is 607 g/mol. The Kier molecular flexibility index (Phi) is 10.6. The number of likely N-dealkylation sites (N-methyl/N-ethyl adjacent to an activating group) is 1. The number of nitrogens with one attached hydrogen (secondary N) is 3. The average molecular weight is 644 g/mol. The van der Waals surface area contributed by atoms with Crippen LogP contribution in [0.25, 0.3) is 0 Å². The van der Waals surface area contributed by atoms with Crippen LogP contribution in [0.15, 0.2) is 66.7 Å². The number of urea groups is 2. The Morgan fingerprint density at radius 3 is 2.28 bits per heavy atom. The van der Waals surface area contributed by atoms with Crippen molar-refractivity contribution in [1.29, 1.82) is 0 Å². The second kappa shape index (κ2) is 14.4. The summed E-state index contributed by atoms with van der Waals surface area (Å²) in [4.78, 5) is 42.5. The number of aliphatic hydroxyl groups is 1. The Balaban J connectivity index is 1.58. The van der Waals surface area contributed by atoms with E-state index < -0.39 is 41.9 Å². The first kappa shape index (κ1) is 33.9. The van der Waals surface area contributed by atoms with Crippen LogP contribution in [-0.4, -0.2) is 78.9 Å². The van der Waals surface area contributed by atoms with Crippen LogP contribution in [0.2, 0.25) is 0 Å². The molecule has 0 aromatic heterocycles. The number of carbonyl (C=O) groups excluding carboxylic acids is 3. The number of para-hydroxylation sites is 1. The highest BCUT2D eigenvalue weighted by Gasteiger charge is 2.35. The fraction of sp³-hybridized carbons (Fsp3) is 0.344. The number of rotatable bonds is 8. The standard InChI is InChI=1S/C32H36F3N5O6/c1-19-16-40(20(2)18-41)29(42)25-6-5-7-26(38-30(43)36-22-12-14-24(45-4)15-13-22)28(25)46-27(19)17-39(3)31(44)37-23-10-8-21(9-11-23)32(33,34)35/h5-15,19-20,27,41H,16-18H2,1-4H3,(H,37,44)(H2,36,38,43)/t19-,20+,27-/m1/s1. The third kappa shape index (κ3) is 8.18. The maximum atomic E-state index is 13.7. The van der Waals surface area contributed by atoms with Crippen molar-refractivity contribution in [3.63, 3.8) is 0 Å². The van der Waals surface area contributed by atoms with Gasteiger partial charge in [-0.15, -0.1) is 0 Å². The van der Waals surface area contributed by atoms with Gasteiger partial charge in [0.15, 0.2) is 5.75 Å². The monoisotopic (exact) mass is 643 g/mol. The summed E-state index contributed by atoms with van der Waals surface area (Å²) in [6.45, 7) is 3.43. The molecular formula is C32H36F3N5O6. The molecule has 246 valence electrons. The van der Waals surface area contributed by atoms with E-state index in [1.807, 2.05) is 6.92 Å². The summed E-state index contributed by atoms with van der Waals surface area (Å²) < 4.78 is 50.4. The van der Waals surface area contributed by atoms with Gasteiger partial charge in [0.25, 0.3) is 5.91 Å². The molecule has 11 nitrogen and oxygen atoms in total. The van der Waals surface area contributed by atoms with Crippen molar-refractivity contribution in [2.24, 2.45) is 5.92 Å². The topological polar surface area (TPSA) is 132 Å². The molecule has 46 heavy (non-hydrogen) atoms. The molecule has 3 atom stereocenters. The van der Waals surface area contributed by atoms with Crippen LogP contribution < -0.4 is 25.4 Å². The van der Waals surface area contributed by atoms with Crippen molar-refractivity contribution in [3.8, 4) is 11.5 Å². The number of nitrogens with zero attached hydrogens (tertiary/aromatic N) is 2. The Labute approximate surface area is 264 Å². The minimum absolute atomic E-state index is 0.00892. The molecule has 0 bridgehead atoms. The minimum Gasteiger partial charge on any atom is -0.497 e. The van der Waals surface area contributed by atoms with E-state index in [4.69, 9.17) is 9.47 Å². The molecule has 14 heteroatoms. The first-order valence-electron chi connectivity index (χ1n) is 14.4. The number of benzene rings is 3. The van der Waals surface area contributed by atoms with Gasteiger partial charge < -0.3 is 40.3 Å². The van der Waals surface area contributed by atoms with Gasteiger partial charge in [0, 0.05) is 30.9 Å². The van der Waals surface area contributed by atoms with Crippen molar-refractivity contribution in [3.05, 3.63) is 77.9 Å². The van der Waals surface area contributed by atoms with Crippen LogP contribution in [-0.2, 0) is 6.18 Å². The zero-order valence-corrected chi connectivity index (χ0v) is 25.7. The van der Waals surface area contributed by atoms with Gasteiger partial charge >= 0.3 is 18.2 Å². The number of hydrogen-bond donors (Lipinski definition) is 4. The van der Waals surface area contributed by atoms with E-state index in [9.17, 15) is 32.7 Å². The number of aliphatic hydroxyl groups excluding tert-OH is 1. The summed E-state index contributed by atoms with van der Waals surface area (Å²) in [7, 11) is 3.03. The summed E-state index contributed by atoms with van der Waals surface area (Å²) in [5.74, 6) is -0.0779. The molecule has 3 aromatic rings. The smallest absolute Gasteiger partial charge is 0.416 e. The third-order valence-electron chi connectivity index (χ3n) is 7.55. The molecule has 1 heterocycles. The summed E-state index contributed by atoms with van der Waals surface area (Å²) in [6.07, 6.45) is -5.22. The molecule has 0 unspecified atom stereocenters. The fourth-order valence-corrected chi connectivity index (χ4v) is 4.83. The maximum Gasteiger partial charge on any atom is 0.416 e. The summed E-state index contributed by atoms with van der Waals surface area (Å²) in [5.41, 5.74) is 0.169. The number of halogens is 3. The van der Waals surface area contributed by atoms with Crippen LogP contribution in [0.3, 0.4) is 0 Å². The van der Waals surface area contributed by atoms with E-state index in [0.717, 1.165) is 24.3 Å². The molecule has 0 radical (unpaired) electrons. The predicted octanol–water partition coefficient (Wildman–Crippen LogP) is 5.74. The molecule has 0 fully saturated rings. The van der Waals surface area contributed by atoms with Gasteiger partial charge in [-0.3, -0.25) is 4.79 Å². The highest BCUT2D eigenvalue weighted by atomic mass is 19.4. The van der Waals surface area contributed by atoms with E-state index in [-0.39, 0.29) is 48.3 Å². The first-order valence-corrected chi connectivity index (χ1v) is 14.4. The van der Waals surface area contributed by atoms with E-state index in [2.05, 4.69) is 16.0 Å². The van der Waals surface area contributed by atoms with E-state index >= 15 is 0 Å². The van der Waals surface area contributed by atoms with Gasteiger partial charge in [-0.1, -0.05) is 13.0 Å². The third-order valence-corrected chi connectivity index (χ3v) is 7.55. The lowest BCUT2D eigenvalue weighted by Crippen LogP contribution is -2.50. The van der Waals surface area contributed by atoms with Crippen LogP contribution in [0.5, 0.6) is 11.5 Å². The molecule has 0 saturated heterocycles. The van der Waals surface area contributed by atoms with Gasteiger partial charge in [0.1, 0.15) is 11.9 Å². The number of methoxy groups -OCH3 is 1. The Bertz CT molecular complexity index is 1530. The van der Waals surface area contributed by atoms with Gasteiger partial charge in [-0.25, -0.2) is 9.59 Å². The lowest BCUT2D eigenvalue weighted by Gasteiger charge is -2.38. The normalized spacial score (nSPS) is 17.0. The predicted molar refractivity (Wildman–Crippen MR) is 166 cm³/mol. The second-order valence-corrected chi connectivity index (χ2v) is 11.0. The lowest BCUT2D eigenvalue weighted by atomic mass is 9.99. The molecule has 3 aromatic carbocycles. The van der Waals surface area contributed by atoms with Crippen LogP contribution in [0, 0.1) is 5.92 Å². The number of anilines is 3. The van der Waals surface area contributed by atoms with Crippen LogP contribution in [0.1, 0.15) is 29.8 Å². The highest BCUT2D eigenvalue weighted by Crippen LogP contribution is 2.35. The summed E-state index contributed by atoms with van der Waals surface area (Å²) in [5, 5.41) is 17.9. The lowest BCUT2D eigenvalue weighted by molar-refractivity contribution is -0.137. The molecule has 0 spiro atoms. The highest BCUT2D eigenvalue weighted by molar-refractivity contribution is 6.04. The fourth-order valence-electron chi connectivity index (χ4n) is 4.83. The van der Waals surface area contributed by atoms with Crippen molar-refractivity contribution in [2.75, 3.05) is 49.8 Å². The number of fused-ring (bicyclic) bond motifs is 1. The number of alkyl halides is 3. The number of ether oxygens (including phenoxy) is 2. The average Bonchev–Trinajstić information content (AvgIpc) is 3.02. The van der Waals surface area contributed by atoms with E-state index in [0.29, 0.717) is 11.4 Å². The molecule has 4 rings (SSSR count). The Hall–Kier alpha value is -4.98. The van der Waals surface area contributed by atoms with Gasteiger partial charge in [0.05, 0.1) is 43.1 Å². The zero-order chi connectivity index (χ0) is 33.6. The van der Waals surface area contributed by atoms with Crippen LogP contribution >= 0.6 is 0 Å². The van der Waals surface area contributed by atoms with Crippen molar-refractivity contribution < 1.29 is 42.1 Å². The molecule has 4 N–H and O–H groups in total. The SMILES string of the molecule is COc1ccc(NC(=O)Nc2cccc3c2O[C@H](CN(C)C(=O)Nc2ccc(C(F)(F)F)cc2)[C@H](C)CN([C@@H](C)CO)C3=O)cc1. The van der Waals surface area contributed by atoms with Gasteiger partial charge in [0.2, 0.25) is 0 Å². The second-order valence-electron chi connectivity index (χ2n) is 11.0. The van der Waals surface area contributed by atoms with Crippen molar-refractivity contribution in [1.82, 2.24) is 9.80 Å². The first-order chi connectivity index (χ1) is 21.8. The summed E-state index contributed by atoms with van der Waals surface area (Å²) in [6, 6.07) is 13.7. The minimum atomic E-state index is -4.51. The van der Waals surface area contributed by atoms with Crippen molar-refractivity contribution in [2.45, 2.75) is 32.2 Å². The summed E-state index contributed by atoms with van der Waals surface area (Å²) >= 11 is 0. The van der Waals surface area contributed by atoms with Gasteiger partial charge in [-0.2, -0.15) is 13.2 Å². The largest absolute Gasteiger partial charge is 0.497 e. The molecule has 0 aliphatic carbocycles. The molecule has 0 saturated carbocycles. The van der Waals surface area contributed by atoms with Crippen LogP contribution in [0.4, 0.5) is 39.8 Å². The number of hydrogen-bond acceptors (Lipinski definition) is 6.